The second-order valence-corrected chi connectivity index (χ2v) is 5.92. The number of rotatable bonds is 6. The zero-order valence-electron chi connectivity index (χ0n) is 12.3. The van der Waals surface area contributed by atoms with Crippen LogP contribution in [-0.2, 0) is 6.42 Å². The maximum Gasteiger partial charge on any atom is 0.0416 e. The van der Waals surface area contributed by atoms with Crippen LogP contribution < -0.4 is 5.32 Å². The monoisotopic (exact) mass is 261 g/mol. The SMILES string of the molecule is CC(C)NCC1CCN(CCc2ccccn2)CC1. The van der Waals surface area contributed by atoms with Crippen LogP contribution in [0, 0.1) is 5.92 Å². The normalized spacial score (nSPS) is 18.1. The number of likely N-dealkylation sites (tertiary alicyclic amines) is 1. The van der Waals surface area contributed by atoms with Gasteiger partial charge in [0, 0.05) is 30.9 Å². The Hall–Kier alpha value is -0.930. The first-order valence-electron chi connectivity index (χ1n) is 7.59. The molecule has 1 aromatic heterocycles. The summed E-state index contributed by atoms with van der Waals surface area (Å²) in [5.74, 6) is 0.869. The molecule has 0 amide bonds. The van der Waals surface area contributed by atoms with Gasteiger partial charge in [-0.3, -0.25) is 4.98 Å². The van der Waals surface area contributed by atoms with Gasteiger partial charge in [0.15, 0.2) is 0 Å². The Morgan fingerprint density at radius 1 is 1.32 bits per heavy atom. The smallest absolute Gasteiger partial charge is 0.0416 e. The highest BCUT2D eigenvalue weighted by Crippen LogP contribution is 2.16. The van der Waals surface area contributed by atoms with E-state index in [9.17, 15) is 0 Å². The van der Waals surface area contributed by atoms with Crippen molar-refractivity contribution in [3.63, 3.8) is 0 Å². The van der Waals surface area contributed by atoms with Gasteiger partial charge >= 0.3 is 0 Å². The lowest BCUT2D eigenvalue weighted by atomic mass is 9.96. The lowest BCUT2D eigenvalue weighted by Gasteiger charge is -2.32. The maximum absolute atomic E-state index is 4.39. The Kier molecular flexibility index (Phi) is 5.80. The Labute approximate surface area is 117 Å². The summed E-state index contributed by atoms with van der Waals surface area (Å²) in [5.41, 5.74) is 1.21. The number of pyridine rings is 1. The molecule has 3 nitrogen and oxygen atoms in total. The van der Waals surface area contributed by atoms with Crippen molar-refractivity contribution >= 4 is 0 Å². The Morgan fingerprint density at radius 2 is 2.11 bits per heavy atom. The van der Waals surface area contributed by atoms with E-state index in [1.165, 1.54) is 38.2 Å². The van der Waals surface area contributed by atoms with Crippen LogP contribution in [0.4, 0.5) is 0 Å². The van der Waals surface area contributed by atoms with Crippen LogP contribution in [0.3, 0.4) is 0 Å². The van der Waals surface area contributed by atoms with E-state index in [1.807, 2.05) is 12.3 Å². The molecule has 0 unspecified atom stereocenters. The zero-order valence-corrected chi connectivity index (χ0v) is 12.3. The summed E-state index contributed by atoms with van der Waals surface area (Å²) in [5, 5.41) is 3.56. The summed E-state index contributed by atoms with van der Waals surface area (Å²) in [4.78, 5) is 6.97. The number of aromatic nitrogens is 1. The molecule has 106 valence electrons. The van der Waals surface area contributed by atoms with Crippen molar-refractivity contribution in [2.24, 2.45) is 5.92 Å². The number of nitrogens with zero attached hydrogens (tertiary/aromatic N) is 2. The average Bonchev–Trinajstić information content (AvgIpc) is 2.45. The van der Waals surface area contributed by atoms with Gasteiger partial charge in [-0.25, -0.2) is 0 Å². The first-order chi connectivity index (χ1) is 9.24. The highest BCUT2D eigenvalue weighted by atomic mass is 15.1. The van der Waals surface area contributed by atoms with Gasteiger partial charge in [-0.15, -0.1) is 0 Å². The van der Waals surface area contributed by atoms with E-state index in [-0.39, 0.29) is 0 Å². The van der Waals surface area contributed by atoms with Crippen molar-refractivity contribution in [1.29, 1.82) is 0 Å². The van der Waals surface area contributed by atoms with Gasteiger partial charge in [0.25, 0.3) is 0 Å². The number of nitrogens with one attached hydrogen (secondary N) is 1. The van der Waals surface area contributed by atoms with Crippen molar-refractivity contribution < 1.29 is 0 Å². The average molecular weight is 261 g/mol. The first kappa shape index (κ1) is 14.5. The van der Waals surface area contributed by atoms with E-state index < -0.39 is 0 Å². The molecule has 0 saturated carbocycles. The molecule has 1 saturated heterocycles. The highest BCUT2D eigenvalue weighted by Gasteiger charge is 2.18. The van der Waals surface area contributed by atoms with Gasteiger partial charge in [0.2, 0.25) is 0 Å². The number of hydrogen-bond acceptors (Lipinski definition) is 3. The summed E-state index contributed by atoms with van der Waals surface area (Å²) in [6, 6.07) is 6.80. The minimum absolute atomic E-state index is 0.613. The zero-order chi connectivity index (χ0) is 13.5. The Morgan fingerprint density at radius 3 is 2.74 bits per heavy atom. The van der Waals surface area contributed by atoms with Gasteiger partial charge < -0.3 is 10.2 Å². The summed E-state index contributed by atoms with van der Waals surface area (Å²) in [7, 11) is 0. The van der Waals surface area contributed by atoms with Crippen molar-refractivity contribution in [1.82, 2.24) is 15.2 Å². The fourth-order valence-corrected chi connectivity index (χ4v) is 2.64. The molecule has 19 heavy (non-hydrogen) atoms. The van der Waals surface area contributed by atoms with E-state index >= 15 is 0 Å². The maximum atomic E-state index is 4.39. The second-order valence-electron chi connectivity index (χ2n) is 5.92. The van der Waals surface area contributed by atoms with Crippen LogP contribution in [-0.4, -0.2) is 42.1 Å². The van der Waals surface area contributed by atoms with Gasteiger partial charge in [0.05, 0.1) is 0 Å². The van der Waals surface area contributed by atoms with E-state index in [1.54, 1.807) is 0 Å². The largest absolute Gasteiger partial charge is 0.314 e. The van der Waals surface area contributed by atoms with Crippen molar-refractivity contribution in [2.75, 3.05) is 26.2 Å². The van der Waals surface area contributed by atoms with Gasteiger partial charge in [-0.05, 0) is 50.5 Å². The third-order valence-corrected chi connectivity index (χ3v) is 3.93. The summed E-state index contributed by atoms with van der Waals surface area (Å²) in [6.45, 7) is 9.28. The standard InChI is InChI=1S/C16H27N3/c1-14(2)18-13-15-6-10-19(11-7-15)12-8-16-5-3-4-9-17-16/h3-5,9,14-15,18H,6-8,10-13H2,1-2H3. The molecule has 0 aromatic carbocycles. The van der Waals surface area contributed by atoms with Gasteiger partial charge in [-0.1, -0.05) is 19.9 Å². The van der Waals surface area contributed by atoms with Crippen LogP contribution in [0.25, 0.3) is 0 Å². The molecular weight excluding hydrogens is 234 g/mol. The molecule has 0 aliphatic carbocycles. The van der Waals surface area contributed by atoms with Crippen LogP contribution >= 0.6 is 0 Å². The van der Waals surface area contributed by atoms with Crippen molar-refractivity contribution in [3.8, 4) is 0 Å². The van der Waals surface area contributed by atoms with Crippen LogP contribution in [0.2, 0.25) is 0 Å². The van der Waals surface area contributed by atoms with Gasteiger partial charge in [-0.2, -0.15) is 0 Å². The number of hydrogen-bond donors (Lipinski definition) is 1. The molecule has 1 aromatic rings. The van der Waals surface area contributed by atoms with E-state index in [4.69, 9.17) is 0 Å². The number of piperidine rings is 1. The van der Waals surface area contributed by atoms with Gasteiger partial charge in [0.1, 0.15) is 0 Å². The fraction of sp³-hybridized carbons (Fsp3) is 0.688. The topological polar surface area (TPSA) is 28.2 Å². The quantitative estimate of drug-likeness (QED) is 0.852. The predicted molar refractivity (Wildman–Crippen MR) is 80.2 cm³/mol. The van der Waals surface area contributed by atoms with E-state index in [2.05, 4.69) is 41.2 Å². The molecule has 1 aliphatic heterocycles. The molecule has 0 spiro atoms. The Balaban J connectivity index is 1.63. The highest BCUT2D eigenvalue weighted by molar-refractivity contribution is 5.03. The molecule has 0 radical (unpaired) electrons. The molecule has 1 aliphatic rings. The molecule has 0 atom stereocenters. The lowest BCUT2D eigenvalue weighted by molar-refractivity contribution is 0.182. The minimum Gasteiger partial charge on any atom is -0.314 e. The molecule has 2 heterocycles. The van der Waals surface area contributed by atoms with Crippen LogP contribution in [0.5, 0.6) is 0 Å². The second kappa shape index (κ2) is 7.61. The third-order valence-electron chi connectivity index (χ3n) is 3.93. The predicted octanol–water partition coefficient (Wildman–Crippen LogP) is 2.33. The molecule has 2 rings (SSSR count). The third kappa shape index (κ3) is 5.29. The molecular formula is C16H27N3. The lowest BCUT2D eigenvalue weighted by Crippen LogP contribution is -2.39. The minimum atomic E-state index is 0.613. The first-order valence-corrected chi connectivity index (χ1v) is 7.59. The van der Waals surface area contributed by atoms with Crippen LogP contribution in [0.15, 0.2) is 24.4 Å². The Bertz CT molecular complexity index is 342. The van der Waals surface area contributed by atoms with E-state index in [0.717, 1.165) is 18.9 Å². The summed E-state index contributed by atoms with van der Waals surface area (Å²) in [6.07, 6.45) is 5.64. The van der Waals surface area contributed by atoms with Crippen molar-refractivity contribution in [2.45, 2.75) is 39.2 Å². The van der Waals surface area contributed by atoms with Crippen molar-refractivity contribution in [3.05, 3.63) is 30.1 Å². The fourth-order valence-electron chi connectivity index (χ4n) is 2.64. The van der Waals surface area contributed by atoms with Crippen LogP contribution in [0.1, 0.15) is 32.4 Å². The summed E-state index contributed by atoms with van der Waals surface area (Å²) >= 11 is 0. The molecule has 1 fully saturated rings. The molecule has 3 heteroatoms. The molecule has 1 N–H and O–H groups in total. The van der Waals surface area contributed by atoms with E-state index in [0.29, 0.717) is 6.04 Å². The molecule has 0 bridgehead atoms. The summed E-state index contributed by atoms with van der Waals surface area (Å²) < 4.78 is 0.